The van der Waals surface area contributed by atoms with E-state index in [1.165, 1.54) is 6.08 Å². The molecule has 2 atom stereocenters. The molecule has 0 aromatic heterocycles. The minimum absolute atomic E-state index is 0.0340. The van der Waals surface area contributed by atoms with Crippen molar-refractivity contribution in [2.24, 2.45) is 0 Å². The van der Waals surface area contributed by atoms with E-state index in [0.717, 1.165) is 4.90 Å². The molecule has 112 valence electrons. The second-order valence-electron chi connectivity index (χ2n) is 4.64. The lowest BCUT2D eigenvalue weighted by Gasteiger charge is -2.33. The van der Waals surface area contributed by atoms with Gasteiger partial charge >= 0.3 is 12.1 Å². The first-order chi connectivity index (χ1) is 9.33. The predicted molar refractivity (Wildman–Crippen MR) is 67.0 cm³/mol. The van der Waals surface area contributed by atoms with Crippen molar-refractivity contribution in [3.63, 3.8) is 0 Å². The van der Waals surface area contributed by atoms with Crippen LogP contribution >= 0.6 is 0 Å². The van der Waals surface area contributed by atoms with Crippen molar-refractivity contribution < 1.29 is 32.6 Å². The van der Waals surface area contributed by atoms with Gasteiger partial charge in [0.05, 0.1) is 18.9 Å². The lowest BCUT2D eigenvalue weighted by Crippen LogP contribution is -2.59. The number of ether oxygens (including phenoxy) is 2. The Balaban J connectivity index is 2.27. The van der Waals surface area contributed by atoms with Crippen LogP contribution in [0.3, 0.4) is 0 Å². The summed E-state index contributed by atoms with van der Waals surface area (Å²) in [6.07, 6.45) is 0.583. The molecule has 2 heterocycles. The zero-order valence-corrected chi connectivity index (χ0v) is 11.5. The molecule has 0 aliphatic carbocycles. The van der Waals surface area contributed by atoms with E-state index in [1.54, 1.807) is 0 Å². The van der Waals surface area contributed by atoms with Crippen molar-refractivity contribution in [1.82, 2.24) is 4.90 Å². The van der Waals surface area contributed by atoms with Crippen molar-refractivity contribution in [3.8, 4) is 0 Å². The summed E-state index contributed by atoms with van der Waals surface area (Å²) in [5, 5.41) is 8.06. The normalized spacial score (nSPS) is 31.4. The lowest BCUT2D eigenvalue weighted by molar-refractivity contribution is -0.163. The molecular weight excluding hydrogens is 290 g/mol. The van der Waals surface area contributed by atoms with Gasteiger partial charge in [0.1, 0.15) is 11.9 Å². The number of carboxylic acid groups (broad SMARTS) is 1. The van der Waals surface area contributed by atoms with Crippen molar-refractivity contribution in [1.29, 1.82) is 0 Å². The molecule has 2 aliphatic rings. The van der Waals surface area contributed by atoms with E-state index in [-0.39, 0.29) is 32.1 Å². The third-order valence-corrected chi connectivity index (χ3v) is 5.57. The third kappa shape index (κ3) is 2.27. The first-order valence-corrected chi connectivity index (χ1v) is 7.66. The summed E-state index contributed by atoms with van der Waals surface area (Å²) in [6, 6.07) is 0. The van der Waals surface area contributed by atoms with Gasteiger partial charge in [-0.3, -0.25) is 0 Å². The number of fused-ring (bicyclic) bond motifs is 1. The molecule has 2 aliphatic heterocycles. The van der Waals surface area contributed by atoms with Crippen LogP contribution in [-0.2, 0) is 24.1 Å². The zero-order valence-electron chi connectivity index (χ0n) is 10.6. The number of amides is 1. The molecule has 2 fully saturated rings. The van der Waals surface area contributed by atoms with Gasteiger partial charge < -0.3 is 19.5 Å². The number of sulfone groups is 1. The van der Waals surface area contributed by atoms with E-state index in [4.69, 9.17) is 9.47 Å². The van der Waals surface area contributed by atoms with Gasteiger partial charge in [-0.1, -0.05) is 12.7 Å². The standard InChI is InChI=1S/C11H15NO7S/c1-2-3-18-10(15)12-6-8-11(7-12,9(13)14)19-4-5-20(8,16)17/h2,8H,1,3-7H2,(H,13,14)/t8-,11+/m1/s1. The highest BCUT2D eigenvalue weighted by molar-refractivity contribution is 7.92. The maximum Gasteiger partial charge on any atom is 0.410 e. The summed E-state index contributed by atoms with van der Waals surface area (Å²) in [4.78, 5) is 24.2. The predicted octanol–water partition coefficient (Wildman–Crippen LogP) is -0.738. The highest BCUT2D eigenvalue weighted by Gasteiger charge is 2.62. The average Bonchev–Trinajstić information content (AvgIpc) is 2.78. The Bertz CT molecular complexity index is 543. The van der Waals surface area contributed by atoms with E-state index in [1.807, 2.05) is 0 Å². The molecule has 0 aromatic carbocycles. The summed E-state index contributed by atoms with van der Waals surface area (Å²) in [5.41, 5.74) is -1.90. The van der Waals surface area contributed by atoms with Crippen molar-refractivity contribution in [2.75, 3.05) is 32.1 Å². The molecule has 0 radical (unpaired) electrons. The largest absolute Gasteiger partial charge is 0.479 e. The van der Waals surface area contributed by atoms with Gasteiger partial charge in [0.15, 0.2) is 9.84 Å². The van der Waals surface area contributed by atoms with E-state index in [9.17, 15) is 23.1 Å². The minimum Gasteiger partial charge on any atom is -0.479 e. The van der Waals surface area contributed by atoms with Gasteiger partial charge in [-0.05, 0) is 0 Å². The monoisotopic (exact) mass is 305 g/mol. The number of carbonyl (C=O) groups is 2. The molecule has 2 saturated heterocycles. The first-order valence-electron chi connectivity index (χ1n) is 5.95. The number of rotatable bonds is 3. The minimum atomic E-state index is -3.63. The fourth-order valence-corrected chi connectivity index (χ4v) is 4.28. The smallest absolute Gasteiger partial charge is 0.410 e. The molecule has 0 unspecified atom stereocenters. The fourth-order valence-electron chi connectivity index (χ4n) is 2.45. The van der Waals surface area contributed by atoms with Crippen molar-refractivity contribution >= 4 is 21.9 Å². The third-order valence-electron chi connectivity index (χ3n) is 3.44. The van der Waals surface area contributed by atoms with Crippen molar-refractivity contribution in [3.05, 3.63) is 12.7 Å². The van der Waals surface area contributed by atoms with E-state index in [0.29, 0.717) is 0 Å². The Kier molecular flexibility index (Phi) is 3.74. The molecule has 8 nitrogen and oxygen atoms in total. The Morgan fingerprint density at radius 1 is 1.55 bits per heavy atom. The van der Waals surface area contributed by atoms with Crippen LogP contribution in [0, 0.1) is 0 Å². The van der Waals surface area contributed by atoms with Gasteiger partial charge in [-0.15, -0.1) is 0 Å². The second kappa shape index (κ2) is 5.06. The van der Waals surface area contributed by atoms with Crippen LogP contribution in [0.5, 0.6) is 0 Å². The van der Waals surface area contributed by atoms with Crippen LogP contribution in [0.15, 0.2) is 12.7 Å². The molecule has 0 bridgehead atoms. The van der Waals surface area contributed by atoms with E-state index in [2.05, 4.69) is 6.58 Å². The number of nitrogens with zero attached hydrogens (tertiary/aromatic N) is 1. The molecule has 0 saturated carbocycles. The lowest BCUT2D eigenvalue weighted by atomic mass is 10.0. The molecule has 0 spiro atoms. The Morgan fingerprint density at radius 2 is 2.25 bits per heavy atom. The highest BCUT2D eigenvalue weighted by Crippen LogP contribution is 2.35. The quantitative estimate of drug-likeness (QED) is 0.684. The van der Waals surface area contributed by atoms with Crippen LogP contribution in [-0.4, -0.2) is 73.4 Å². The number of carbonyl (C=O) groups excluding carboxylic acids is 1. The van der Waals surface area contributed by atoms with Crippen LogP contribution in [0.25, 0.3) is 0 Å². The summed E-state index contributed by atoms with van der Waals surface area (Å²) in [7, 11) is -3.63. The number of aliphatic carboxylic acids is 1. The molecule has 2 rings (SSSR count). The van der Waals surface area contributed by atoms with Gasteiger partial charge in [0.25, 0.3) is 0 Å². The van der Waals surface area contributed by atoms with Crippen LogP contribution in [0.2, 0.25) is 0 Å². The van der Waals surface area contributed by atoms with Crippen molar-refractivity contribution in [2.45, 2.75) is 10.9 Å². The second-order valence-corrected chi connectivity index (χ2v) is 6.95. The summed E-state index contributed by atoms with van der Waals surface area (Å²) < 4.78 is 34.1. The molecule has 9 heteroatoms. The number of hydrogen-bond acceptors (Lipinski definition) is 6. The average molecular weight is 305 g/mol. The van der Waals surface area contributed by atoms with Gasteiger partial charge in [-0.25, -0.2) is 18.0 Å². The fraction of sp³-hybridized carbons (Fsp3) is 0.636. The SMILES string of the molecule is C=CCOC(=O)N1C[C@@H]2[C@](C(=O)O)(C1)OCCS2(=O)=O. The highest BCUT2D eigenvalue weighted by atomic mass is 32.2. The number of hydrogen-bond donors (Lipinski definition) is 1. The summed E-state index contributed by atoms with van der Waals surface area (Å²) in [6.45, 7) is 2.57. The van der Waals surface area contributed by atoms with Crippen LogP contribution in [0.1, 0.15) is 0 Å². The number of carboxylic acids is 1. The first kappa shape index (κ1) is 14.8. The van der Waals surface area contributed by atoms with E-state index >= 15 is 0 Å². The maximum atomic E-state index is 12.0. The zero-order chi connectivity index (χ0) is 15.0. The van der Waals surface area contributed by atoms with E-state index < -0.39 is 32.8 Å². The van der Waals surface area contributed by atoms with Gasteiger partial charge in [0.2, 0.25) is 5.60 Å². The van der Waals surface area contributed by atoms with Crippen LogP contribution < -0.4 is 0 Å². The molecule has 1 amide bonds. The topological polar surface area (TPSA) is 110 Å². The summed E-state index contributed by atoms with van der Waals surface area (Å²) in [5.74, 6) is -1.63. The number of likely N-dealkylation sites (tertiary alicyclic amines) is 1. The van der Waals surface area contributed by atoms with Crippen LogP contribution in [0.4, 0.5) is 4.79 Å². The van der Waals surface area contributed by atoms with Gasteiger partial charge in [-0.2, -0.15) is 0 Å². The maximum absolute atomic E-state index is 12.0. The molecule has 1 N–H and O–H groups in total. The Morgan fingerprint density at radius 3 is 2.80 bits per heavy atom. The molecular formula is C11H15NO7S. The Hall–Kier alpha value is -1.61. The molecule has 20 heavy (non-hydrogen) atoms. The summed E-state index contributed by atoms with van der Waals surface area (Å²) >= 11 is 0. The Labute approximate surface area is 115 Å². The molecule has 0 aromatic rings. The van der Waals surface area contributed by atoms with Gasteiger partial charge in [0, 0.05) is 6.54 Å².